The molecule has 0 saturated carbocycles. The van der Waals surface area contributed by atoms with Crippen LogP contribution in [0.5, 0.6) is 5.75 Å². The summed E-state index contributed by atoms with van der Waals surface area (Å²) in [5.74, 6) is 1.31. The minimum atomic E-state index is 0.524. The molecule has 1 unspecified atom stereocenters. The predicted molar refractivity (Wildman–Crippen MR) is 70.1 cm³/mol. The van der Waals surface area contributed by atoms with Gasteiger partial charge in [0.05, 0.1) is 12.3 Å². The van der Waals surface area contributed by atoms with Gasteiger partial charge in [0.2, 0.25) is 0 Å². The van der Waals surface area contributed by atoms with Gasteiger partial charge in [-0.15, -0.1) is 0 Å². The predicted octanol–water partition coefficient (Wildman–Crippen LogP) is 3.62. The highest BCUT2D eigenvalue weighted by molar-refractivity contribution is 6.00. The number of ether oxygens (including phenoxy) is 1. The molecule has 3 heteroatoms. The van der Waals surface area contributed by atoms with Gasteiger partial charge in [-0.2, -0.15) is 0 Å². The van der Waals surface area contributed by atoms with Gasteiger partial charge in [-0.3, -0.25) is 0 Å². The Bertz CT molecular complexity index is 399. The second-order valence-electron chi connectivity index (χ2n) is 4.51. The number of rotatable bonds is 5. The first-order valence-corrected chi connectivity index (χ1v) is 6.01. The summed E-state index contributed by atoms with van der Waals surface area (Å²) in [7, 11) is 0. The third-order valence-electron chi connectivity index (χ3n) is 2.90. The monoisotopic (exact) mass is 235 g/mol. The largest absolute Gasteiger partial charge is 0.493 e. The maximum atomic E-state index is 8.86. The number of oxime groups is 1. The van der Waals surface area contributed by atoms with Crippen LogP contribution in [-0.4, -0.2) is 17.5 Å². The summed E-state index contributed by atoms with van der Waals surface area (Å²) in [6.07, 6.45) is 1.09. The van der Waals surface area contributed by atoms with E-state index >= 15 is 0 Å². The highest BCUT2D eigenvalue weighted by atomic mass is 16.5. The molecule has 0 aromatic heterocycles. The average Bonchev–Trinajstić information content (AvgIpc) is 2.35. The van der Waals surface area contributed by atoms with Crippen LogP contribution >= 0.6 is 0 Å². The van der Waals surface area contributed by atoms with Crippen LogP contribution in [0.3, 0.4) is 0 Å². The summed E-state index contributed by atoms with van der Waals surface area (Å²) in [6, 6.07) is 5.91. The van der Waals surface area contributed by atoms with Crippen molar-refractivity contribution in [2.75, 3.05) is 6.61 Å². The summed E-state index contributed by atoms with van der Waals surface area (Å²) in [6.45, 7) is 8.76. The van der Waals surface area contributed by atoms with Crippen molar-refractivity contribution >= 4 is 5.71 Å². The molecule has 1 N–H and O–H groups in total. The Kier molecular flexibility index (Phi) is 5.01. The van der Waals surface area contributed by atoms with Crippen LogP contribution in [0, 0.1) is 12.8 Å². The Hall–Kier alpha value is -1.51. The molecule has 3 nitrogen and oxygen atoms in total. The van der Waals surface area contributed by atoms with E-state index < -0.39 is 0 Å². The lowest BCUT2D eigenvalue weighted by Crippen LogP contribution is -2.10. The first-order chi connectivity index (χ1) is 8.08. The van der Waals surface area contributed by atoms with Crippen LogP contribution in [0.4, 0.5) is 0 Å². The number of hydrogen-bond acceptors (Lipinski definition) is 3. The molecule has 0 bridgehead atoms. The Morgan fingerprint density at radius 2 is 2.18 bits per heavy atom. The maximum absolute atomic E-state index is 8.86. The zero-order valence-electron chi connectivity index (χ0n) is 11.0. The van der Waals surface area contributed by atoms with Crippen LogP contribution in [0.1, 0.15) is 38.3 Å². The Morgan fingerprint density at radius 3 is 2.76 bits per heavy atom. The van der Waals surface area contributed by atoms with Gasteiger partial charge in [-0.25, -0.2) is 0 Å². The molecule has 0 amide bonds. The van der Waals surface area contributed by atoms with E-state index in [1.165, 1.54) is 0 Å². The molecule has 0 aliphatic heterocycles. The summed E-state index contributed by atoms with van der Waals surface area (Å²) in [5, 5.41) is 12.1. The van der Waals surface area contributed by atoms with E-state index in [0.29, 0.717) is 18.2 Å². The number of hydrogen-bond donors (Lipinski definition) is 1. The molecule has 94 valence electrons. The van der Waals surface area contributed by atoms with E-state index in [0.717, 1.165) is 23.3 Å². The summed E-state index contributed by atoms with van der Waals surface area (Å²) in [5.41, 5.74) is 2.56. The first-order valence-electron chi connectivity index (χ1n) is 6.01. The fourth-order valence-corrected chi connectivity index (χ4v) is 1.46. The lowest BCUT2D eigenvalue weighted by atomic mass is 10.1. The van der Waals surface area contributed by atoms with Gasteiger partial charge >= 0.3 is 0 Å². The molecule has 0 aliphatic rings. The smallest absolute Gasteiger partial charge is 0.128 e. The van der Waals surface area contributed by atoms with E-state index in [1.807, 2.05) is 25.1 Å². The lowest BCUT2D eigenvalue weighted by Gasteiger charge is -2.14. The van der Waals surface area contributed by atoms with Gasteiger partial charge in [-0.1, -0.05) is 37.1 Å². The Balaban J connectivity index is 2.91. The molecule has 0 radical (unpaired) electrons. The third-order valence-corrected chi connectivity index (χ3v) is 2.90. The molecule has 0 aliphatic carbocycles. The van der Waals surface area contributed by atoms with Crippen LogP contribution in [0.25, 0.3) is 0 Å². The van der Waals surface area contributed by atoms with E-state index in [4.69, 9.17) is 9.94 Å². The van der Waals surface area contributed by atoms with Crippen molar-refractivity contribution in [2.24, 2.45) is 11.1 Å². The zero-order chi connectivity index (χ0) is 12.8. The van der Waals surface area contributed by atoms with Crippen molar-refractivity contribution in [2.45, 2.75) is 34.1 Å². The van der Waals surface area contributed by atoms with Crippen LogP contribution < -0.4 is 4.74 Å². The average molecular weight is 235 g/mol. The summed E-state index contributed by atoms with van der Waals surface area (Å²) < 4.78 is 5.78. The number of aryl methyl sites for hydroxylation is 1. The number of nitrogens with zero attached hydrogens (tertiary/aromatic N) is 1. The summed E-state index contributed by atoms with van der Waals surface area (Å²) in [4.78, 5) is 0. The lowest BCUT2D eigenvalue weighted by molar-refractivity contribution is 0.256. The zero-order valence-corrected chi connectivity index (χ0v) is 11.0. The molecule has 0 spiro atoms. The van der Waals surface area contributed by atoms with Crippen LogP contribution in [0.15, 0.2) is 23.4 Å². The van der Waals surface area contributed by atoms with Crippen molar-refractivity contribution in [3.8, 4) is 5.75 Å². The SMILES string of the molecule is CCC(C)COc1ccc(C)cc1/C(C)=N/O. The Labute approximate surface area is 103 Å². The second-order valence-corrected chi connectivity index (χ2v) is 4.51. The molecule has 1 rings (SSSR count). The summed E-state index contributed by atoms with van der Waals surface area (Å²) >= 11 is 0. The molecule has 17 heavy (non-hydrogen) atoms. The molecule has 1 aromatic carbocycles. The minimum Gasteiger partial charge on any atom is -0.493 e. The van der Waals surface area contributed by atoms with Crippen molar-refractivity contribution in [3.05, 3.63) is 29.3 Å². The quantitative estimate of drug-likeness (QED) is 0.481. The fraction of sp³-hybridized carbons (Fsp3) is 0.500. The molecular formula is C14H21NO2. The van der Waals surface area contributed by atoms with Crippen molar-refractivity contribution in [3.63, 3.8) is 0 Å². The normalized spacial score (nSPS) is 13.5. The van der Waals surface area contributed by atoms with Crippen LogP contribution in [0.2, 0.25) is 0 Å². The molecule has 0 fully saturated rings. The standard InChI is InChI=1S/C14H21NO2/c1-5-10(2)9-17-14-7-6-11(3)8-13(14)12(4)15-16/h6-8,10,16H,5,9H2,1-4H3/b15-12+. The highest BCUT2D eigenvalue weighted by Crippen LogP contribution is 2.22. The topological polar surface area (TPSA) is 41.8 Å². The van der Waals surface area contributed by atoms with Gasteiger partial charge in [-0.05, 0) is 31.9 Å². The van der Waals surface area contributed by atoms with Crippen molar-refractivity contribution in [1.29, 1.82) is 0 Å². The molecular weight excluding hydrogens is 214 g/mol. The van der Waals surface area contributed by atoms with E-state index in [2.05, 4.69) is 19.0 Å². The molecule has 1 aromatic rings. The van der Waals surface area contributed by atoms with Gasteiger partial charge in [0.15, 0.2) is 0 Å². The van der Waals surface area contributed by atoms with E-state index in [9.17, 15) is 0 Å². The second kappa shape index (κ2) is 6.28. The highest BCUT2D eigenvalue weighted by Gasteiger charge is 2.09. The van der Waals surface area contributed by atoms with Gasteiger partial charge in [0.1, 0.15) is 5.75 Å². The number of benzene rings is 1. The maximum Gasteiger partial charge on any atom is 0.128 e. The van der Waals surface area contributed by atoms with Gasteiger partial charge in [0.25, 0.3) is 0 Å². The van der Waals surface area contributed by atoms with Crippen molar-refractivity contribution in [1.82, 2.24) is 0 Å². The van der Waals surface area contributed by atoms with E-state index in [1.54, 1.807) is 6.92 Å². The Morgan fingerprint density at radius 1 is 1.47 bits per heavy atom. The minimum absolute atomic E-state index is 0.524. The van der Waals surface area contributed by atoms with Crippen LogP contribution in [-0.2, 0) is 0 Å². The third kappa shape index (κ3) is 3.77. The molecule has 1 atom stereocenters. The van der Waals surface area contributed by atoms with Gasteiger partial charge < -0.3 is 9.94 Å². The van der Waals surface area contributed by atoms with Gasteiger partial charge in [0, 0.05) is 5.56 Å². The molecule has 0 heterocycles. The van der Waals surface area contributed by atoms with E-state index in [-0.39, 0.29) is 0 Å². The first kappa shape index (κ1) is 13.6. The van der Waals surface area contributed by atoms with Crippen molar-refractivity contribution < 1.29 is 9.94 Å². The molecule has 0 saturated heterocycles. The fourth-order valence-electron chi connectivity index (χ4n) is 1.46.